The van der Waals surface area contributed by atoms with Crippen molar-refractivity contribution in [1.29, 1.82) is 0 Å². The molecule has 0 N–H and O–H groups in total. The summed E-state index contributed by atoms with van der Waals surface area (Å²) in [4.78, 5) is 58.9. The minimum absolute atomic E-state index is 0.0651. The van der Waals surface area contributed by atoms with Crippen LogP contribution in [0.4, 0.5) is 0 Å². The first-order chi connectivity index (χ1) is 23.9. The Morgan fingerprint density at radius 2 is 0.558 bits per heavy atom. The first kappa shape index (κ1) is 49.6. The molecule has 306 valence electrons. The van der Waals surface area contributed by atoms with E-state index in [-0.39, 0.29) is 50.1 Å². The Morgan fingerprint density at radius 1 is 0.385 bits per heavy atom. The summed E-state index contributed by atoms with van der Waals surface area (Å²) in [5, 5.41) is 0. The van der Waals surface area contributed by atoms with Crippen LogP contribution in [0.1, 0.15) is 96.9 Å². The van der Waals surface area contributed by atoms with Crippen molar-refractivity contribution in [3.63, 3.8) is 0 Å². The predicted molar refractivity (Wildman–Crippen MR) is 202 cm³/mol. The van der Waals surface area contributed by atoms with E-state index in [0.717, 1.165) is 0 Å². The van der Waals surface area contributed by atoms with Gasteiger partial charge in [0.25, 0.3) is 0 Å². The number of carbonyl (C=O) groups excluding carboxylic acids is 4. The van der Waals surface area contributed by atoms with Crippen molar-refractivity contribution in [3.8, 4) is 0 Å². The van der Waals surface area contributed by atoms with Crippen LogP contribution in [-0.2, 0) is 47.6 Å². The molecule has 14 nitrogen and oxygen atoms in total. The van der Waals surface area contributed by atoms with E-state index in [9.17, 15) is 19.2 Å². The van der Waals surface area contributed by atoms with E-state index in [0.29, 0.717) is 78.8 Å². The van der Waals surface area contributed by atoms with Crippen LogP contribution in [0.2, 0.25) is 0 Å². The summed E-state index contributed by atoms with van der Waals surface area (Å²) in [6.45, 7) is 31.2. The molecule has 1 fully saturated rings. The number of hydrogen-bond donors (Lipinski definition) is 0. The highest BCUT2D eigenvalue weighted by molar-refractivity contribution is 5.73. The summed E-state index contributed by atoms with van der Waals surface area (Å²) in [6.07, 6.45) is 0. The fourth-order valence-corrected chi connectivity index (χ4v) is 4.85. The molecule has 1 aliphatic rings. The lowest BCUT2D eigenvalue weighted by atomic mass is 10.2. The lowest BCUT2D eigenvalue weighted by Crippen LogP contribution is -2.45. The second kappa shape index (κ2) is 24.1. The fraction of sp³-hybridized carbons (Fsp3) is 0.895. The van der Waals surface area contributed by atoms with Crippen molar-refractivity contribution in [2.75, 3.05) is 105 Å². The van der Waals surface area contributed by atoms with Crippen molar-refractivity contribution in [2.45, 2.75) is 119 Å². The zero-order valence-electron chi connectivity index (χ0n) is 35.2. The maximum absolute atomic E-state index is 12.8. The molecule has 14 heteroatoms. The van der Waals surface area contributed by atoms with E-state index in [1.165, 1.54) is 0 Å². The van der Waals surface area contributed by atoms with Gasteiger partial charge in [0, 0.05) is 52.4 Å². The van der Waals surface area contributed by atoms with Crippen LogP contribution in [0.25, 0.3) is 0 Å². The van der Waals surface area contributed by atoms with Crippen molar-refractivity contribution >= 4 is 23.9 Å². The molecule has 0 unspecified atom stereocenters. The molecule has 0 atom stereocenters. The first-order valence-corrected chi connectivity index (χ1v) is 18.8. The molecule has 1 heterocycles. The lowest BCUT2D eigenvalue weighted by Gasteiger charge is -2.30. The highest BCUT2D eigenvalue weighted by atomic mass is 16.6. The quantitative estimate of drug-likeness (QED) is 0.264. The normalized spacial score (nSPS) is 18.2. The number of hydrogen-bond acceptors (Lipinski definition) is 14. The first-order valence-electron chi connectivity index (χ1n) is 18.8. The molecular formula is C38H74N4O10. The molecule has 52 heavy (non-hydrogen) atoms. The van der Waals surface area contributed by atoms with Crippen LogP contribution in [0.5, 0.6) is 0 Å². The predicted octanol–water partition coefficient (Wildman–Crippen LogP) is 3.63. The summed E-state index contributed by atoms with van der Waals surface area (Å²) in [7, 11) is 0. The molecule has 1 rings (SSSR count). The van der Waals surface area contributed by atoms with Crippen LogP contribution in [0.15, 0.2) is 0 Å². The highest BCUT2D eigenvalue weighted by Crippen LogP contribution is 2.11. The Hall–Kier alpha value is -2.36. The van der Waals surface area contributed by atoms with Gasteiger partial charge in [0.05, 0.1) is 52.6 Å². The van der Waals surface area contributed by atoms with E-state index in [2.05, 4.69) is 0 Å². The largest absolute Gasteiger partial charge is 0.459 e. The van der Waals surface area contributed by atoms with Gasteiger partial charge in [0.1, 0.15) is 22.4 Å². The molecule has 0 amide bonds. The van der Waals surface area contributed by atoms with E-state index < -0.39 is 22.4 Å². The molecule has 0 saturated carbocycles. The second-order valence-electron chi connectivity index (χ2n) is 16.7. The van der Waals surface area contributed by atoms with Gasteiger partial charge in [-0.25, -0.2) is 0 Å². The second-order valence-corrected chi connectivity index (χ2v) is 16.7. The zero-order valence-corrected chi connectivity index (χ0v) is 35.2. The summed E-state index contributed by atoms with van der Waals surface area (Å²) in [6, 6.07) is 0. The molecule has 0 aromatic rings. The van der Waals surface area contributed by atoms with E-state index in [4.69, 9.17) is 28.4 Å². The summed E-state index contributed by atoms with van der Waals surface area (Å²) < 4.78 is 34.4. The Balaban J connectivity index is 0.0000128. The molecular weight excluding hydrogens is 672 g/mol. The van der Waals surface area contributed by atoms with Gasteiger partial charge in [0.15, 0.2) is 0 Å². The Bertz CT molecular complexity index is 882. The molecule has 0 aliphatic carbocycles. The van der Waals surface area contributed by atoms with Crippen molar-refractivity contribution in [1.82, 2.24) is 19.6 Å². The molecule has 1 saturated heterocycles. The Morgan fingerprint density at radius 3 is 0.712 bits per heavy atom. The minimum atomic E-state index is -0.621. The van der Waals surface area contributed by atoms with Gasteiger partial charge in [-0.3, -0.25) is 38.8 Å². The van der Waals surface area contributed by atoms with Crippen LogP contribution < -0.4 is 0 Å². The Kier molecular flexibility index (Phi) is 23.0. The summed E-state index contributed by atoms with van der Waals surface area (Å²) >= 11 is 0. The van der Waals surface area contributed by atoms with Gasteiger partial charge >= 0.3 is 23.9 Å². The van der Waals surface area contributed by atoms with Gasteiger partial charge < -0.3 is 28.4 Å². The third-order valence-corrected chi connectivity index (χ3v) is 6.76. The average Bonchev–Trinajstić information content (AvgIpc) is 2.94. The molecule has 0 radical (unpaired) electrons. The highest BCUT2D eigenvalue weighted by Gasteiger charge is 2.25. The van der Waals surface area contributed by atoms with Gasteiger partial charge in [0.2, 0.25) is 0 Å². The van der Waals surface area contributed by atoms with Crippen molar-refractivity contribution in [2.24, 2.45) is 0 Å². The topological polar surface area (TPSA) is 137 Å². The van der Waals surface area contributed by atoms with Crippen LogP contribution >= 0.6 is 0 Å². The standard InChI is InChI=1S/C36H68N4O10.C2H6/c1-33(2,3)47-29(41)25-37-13-14-38(26-30(42)48-34(4,5)6)18-23-46-24-20-40(28-32(44)50-36(10,11)12)16-15-39(19-22-45-21-17-37)27-31(43)49-35(7,8)9;1-2/h13-28H2,1-12H3;1-2H3. The third-order valence-electron chi connectivity index (χ3n) is 6.76. The molecule has 1 aliphatic heterocycles. The number of ether oxygens (including phenoxy) is 6. The van der Waals surface area contributed by atoms with E-state index in [1.54, 1.807) is 0 Å². The fourth-order valence-electron chi connectivity index (χ4n) is 4.85. The minimum Gasteiger partial charge on any atom is -0.459 e. The monoisotopic (exact) mass is 747 g/mol. The SMILES string of the molecule is CC.CC(C)(C)OC(=O)CN1CCOCCN(CC(=O)OC(C)(C)C)CCN(CC(=O)OC(C)(C)C)CCOCCN(CC(=O)OC(C)(C)C)CC1. The third kappa shape index (κ3) is 29.1. The molecule has 0 aromatic carbocycles. The molecule has 0 aromatic heterocycles. The summed E-state index contributed by atoms with van der Waals surface area (Å²) in [5.41, 5.74) is -2.48. The lowest BCUT2D eigenvalue weighted by molar-refractivity contribution is -0.158. The van der Waals surface area contributed by atoms with Crippen molar-refractivity contribution < 1.29 is 47.6 Å². The number of rotatable bonds is 8. The maximum atomic E-state index is 12.8. The smallest absolute Gasteiger partial charge is 0.320 e. The average molecular weight is 747 g/mol. The Labute approximate surface area is 315 Å². The number of carbonyl (C=O) groups is 4. The number of nitrogens with zero attached hydrogens (tertiary/aromatic N) is 4. The van der Waals surface area contributed by atoms with Gasteiger partial charge in [-0.1, -0.05) is 13.8 Å². The van der Waals surface area contributed by atoms with Crippen molar-refractivity contribution in [3.05, 3.63) is 0 Å². The van der Waals surface area contributed by atoms with Gasteiger partial charge in [-0.15, -0.1) is 0 Å². The van der Waals surface area contributed by atoms with Gasteiger partial charge in [-0.2, -0.15) is 0 Å². The zero-order chi connectivity index (χ0) is 40.2. The van der Waals surface area contributed by atoms with E-state index in [1.807, 2.05) is 117 Å². The number of esters is 4. The maximum Gasteiger partial charge on any atom is 0.320 e. The van der Waals surface area contributed by atoms with Gasteiger partial charge in [-0.05, 0) is 83.1 Å². The molecule has 0 spiro atoms. The van der Waals surface area contributed by atoms with E-state index >= 15 is 0 Å². The van der Waals surface area contributed by atoms with Crippen LogP contribution in [0, 0.1) is 0 Å². The van der Waals surface area contributed by atoms with Crippen LogP contribution in [0.3, 0.4) is 0 Å². The molecule has 0 bridgehead atoms. The summed E-state index contributed by atoms with van der Waals surface area (Å²) in [5.74, 6) is -1.38. The van der Waals surface area contributed by atoms with Crippen LogP contribution in [-0.4, -0.2) is 171 Å².